The van der Waals surface area contributed by atoms with Crippen molar-refractivity contribution < 1.29 is 4.74 Å². The molecule has 0 bridgehead atoms. The maximum absolute atomic E-state index is 10.2. The van der Waals surface area contributed by atoms with Gasteiger partial charge < -0.3 is 15.0 Å². The number of nitrogen functional groups attached to an aromatic ring is 1. The van der Waals surface area contributed by atoms with Crippen LogP contribution in [0.5, 0.6) is 11.6 Å². The van der Waals surface area contributed by atoms with Gasteiger partial charge in [-0.2, -0.15) is 5.26 Å². The first-order chi connectivity index (χ1) is 16.0. The Morgan fingerprint density at radius 3 is 2.39 bits per heavy atom. The molecule has 1 aliphatic rings. The molecule has 0 amide bonds. The smallest absolute Gasteiger partial charge is 0.219 e. The van der Waals surface area contributed by atoms with E-state index in [1.807, 2.05) is 73.7 Å². The number of ether oxygens (including phenoxy) is 1. The van der Waals surface area contributed by atoms with Crippen molar-refractivity contribution in [2.45, 2.75) is 20.0 Å². The SMILES string of the molecule is Cc1cccc(Oc2ccc(-c3c(C#N)c4n(c3-c3ccc(N)cc3)CCN(C)C4)cc2)n1. The largest absolute Gasteiger partial charge is 0.439 e. The number of benzene rings is 2. The van der Waals surface area contributed by atoms with E-state index < -0.39 is 0 Å². The van der Waals surface area contributed by atoms with Gasteiger partial charge in [-0.3, -0.25) is 4.90 Å². The van der Waals surface area contributed by atoms with Crippen LogP contribution >= 0.6 is 0 Å². The monoisotopic (exact) mass is 435 g/mol. The predicted octanol–water partition coefficient (Wildman–Crippen LogP) is 5.22. The summed E-state index contributed by atoms with van der Waals surface area (Å²) in [5.74, 6) is 1.26. The van der Waals surface area contributed by atoms with Crippen LogP contribution in [0.1, 0.15) is 17.0 Å². The quantitative estimate of drug-likeness (QED) is 0.445. The summed E-state index contributed by atoms with van der Waals surface area (Å²) < 4.78 is 8.22. The molecule has 0 radical (unpaired) electrons. The molecule has 5 rings (SSSR count). The first-order valence-corrected chi connectivity index (χ1v) is 11.0. The highest BCUT2D eigenvalue weighted by molar-refractivity contribution is 5.88. The zero-order valence-electron chi connectivity index (χ0n) is 18.7. The fourth-order valence-electron chi connectivity index (χ4n) is 4.41. The number of aryl methyl sites for hydroxylation is 1. The first kappa shape index (κ1) is 20.8. The van der Waals surface area contributed by atoms with Gasteiger partial charge in [-0.1, -0.05) is 30.3 Å². The number of aromatic nitrogens is 2. The number of nitrogens with two attached hydrogens (primary N) is 1. The zero-order valence-corrected chi connectivity index (χ0v) is 18.7. The van der Waals surface area contributed by atoms with Crippen LogP contribution in [-0.4, -0.2) is 28.0 Å². The number of likely N-dealkylation sites (N-methyl/N-ethyl adjacent to an activating group) is 1. The summed E-state index contributed by atoms with van der Waals surface area (Å²) in [7, 11) is 2.09. The summed E-state index contributed by atoms with van der Waals surface area (Å²) in [6, 6.07) is 23.9. The van der Waals surface area contributed by atoms with Crippen LogP contribution in [0.3, 0.4) is 0 Å². The minimum atomic E-state index is 0.561. The number of anilines is 1. The topological polar surface area (TPSA) is 80.1 Å². The fraction of sp³-hybridized carbons (Fsp3) is 0.185. The van der Waals surface area contributed by atoms with Crippen molar-refractivity contribution in [3.8, 4) is 40.1 Å². The standard InChI is InChI=1S/C27H25N5O/c1-18-4-3-5-25(30-18)33-22-12-8-19(9-13-22)26-23(16-28)24-17-31(2)14-15-32(24)27(26)20-6-10-21(29)11-7-20/h3-13H,14-15,17,29H2,1-2H3. The molecule has 3 heterocycles. The summed E-state index contributed by atoms with van der Waals surface area (Å²) in [6.45, 7) is 4.44. The molecule has 0 aliphatic carbocycles. The van der Waals surface area contributed by atoms with Crippen LogP contribution in [-0.2, 0) is 13.1 Å². The van der Waals surface area contributed by atoms with Crippen molar-refractivity contribution >= 4 is 5.69 Å². The molecule has 6 heteroatoms. The van der Waals surface area contributed by atoms with Crippen molar-refractivity contribution in [1.29, 1.82) is 5.26 Å². The highest BCUT2D eigenvalue weighted by Gasteiger charge is 2.28. The summed E-state index contributed by atoms with van der Waals surface area (Å²) in [4.78, 5) is 6.65. The van der Waals surface area contributed by atoms with Crippen molar-refractivity contribution in [2.75, 3.05) is 19.3 Å². The van der Waals surface area contributed by atoms with Gasteiger partial charge in [0.2, 0.25) is 5.88 Å². The van der Waals surface area contributed by atoms with E-state index in [0.29, 0.717) is 11.6 Å². The normalized spacial score (nSPS) is 13.4. The van der Waals surface area contributed by atoms with Crippen LogP contribution in [0, 0.1) is 18.3 Å². The fourth-order valence-corrected chi connectivity index (χ4v) is 4.41. The minimum absolute atomic E-state index is 0.561. The van der Waals surface area contributed by atoms with E-state index in [-0.39, 0.29) is 0 Å². The lowest BCUT2D eigenvalue weighted by Crippen LogP contribution is -2.30. The van der Waals surface area contributed by atoms with E-state index in [1.54, 1.807) is 0 Å². The Bertz CT molecular complexity index is 1350. The first-order valence-electron chi connectivity index (χ1n) is 11.0. The van der Waals surface area contributed by atoms with Gasteiger partial charge in [0.15, 0.2) is 0 Å². The Kier molecular flexibility index (Phi) is 5.33. The molecule has 2 N–H and O–H groups in total. The molecule has 0 atom stereocenters. The van der Waals surface area contributed by atoms with Gasteiger partial charge in [0.1, 0.15) is 11.8 Å². The third kappa shape index (κ3) is 3.95. The van der Waals surface area contributed by atoms with E-state index in [0.717, 1.165) is 64.7 Å². The third-order valence-corrected chi connectivity index (χ3v) is 6.02. The minimum Gasteiger partial charge on any atom is -0.439 e. The highest BCUT2D eigenvalue weighted by Crippen LogP contribution is 2.41. The van der Waals surface area contributed by atoms with E-state index >= 15 is 0 Å². The second kappa shape index (κ2) is 8.45. The van der Waals surface area contributed by atoms with Crippen molar-refractivity contribution in [3.63, 3.8) is 0 Å². The summed E-state index contributed by atoms with van der Waals surface area (Å²) in [5, 5.41) is 10.2. The molecule has 6 nitrogen and oxygen atoms in total. The van der Waals surface area contributed by atoms with Crippen LogP contribution in [0.2, 0.25) is 0 Å². The van der Waals surface area contributed by atoms with Gasteiger partial charge in [0.25, 0.3) is 0 Å². The maximum atomic E-state index is 10.2. The lowest BCUT2D eigenvalue weighted by Gasteiger charge is -2.26. The van der Waals surface area contributed by atoms with Crippen molar-refractivity contribution in [1.82, 2.24) is 14.5 Å². The molecule has 0 unspecified atom stereocenters. The molecule has 2 aromatic carbocycles. The van der Waals surface area contributed by atoms with E-state index in [1.165, 1.54) is 0 Å². The molecule has 2 aromatic heterocycles. The lowest BCUT2D eigenvalue weighted by atomic mass is 9.97. The average molecular weight is 436 g/mol. The highest BCUT2D eigenvalue weighted by atomic mass is 16.5. The number of nitriles is 1. The number of nitrogens with zero attached hydrogens (tertiary/aromatic N) is 4. The molecule has 0 saturated heterocycles. The molecule has 0 saturated carbocycles. The average Bonchev–Trinajstić information content (AvgIpc) is 3.13. The number of fused-ring (bicyclic) bond motifs is 1. The van der Waals surface area contributed by atoms with Gasteiger partial charge in [-0.25, -0.2) is 4.98 Å². The molecular weight excluding hydrogens is 410 g/mol. The van der Waals surface area contributed by atoms with Gasteiger partial charge in [-0.05, 0) is 55.4 Å². The van der Waals surface area contributed by atoms with Gasteiger partial charge in [0.05, 0.1) is 17.0 Å². The predicted molar refractivity (Wildman–Crippen MR) is 130 cm³/mol. The third-order valence-electron chi connectivity index (χ3n) is 6.02. The summed E-state index contributed by atoms with van der Waals surface area (Å²) in [6.07, 6.45) is 0. The number of hydrogen-bond acceptors (Lipinski definition) is 5. The maximum Gasteiger partial charge on any atom is 0.219 e. The summed E-state index contributed by atoms with van der Waals surface area (Å²) in [5.41, 5.74) is 13.4. The van der Waals surface area contributed by atoms with Gasteiger partial charge >= 0.3 is 0 Å². The Morgan fingerprint density at radius 2 is 1.70 bits per heavy atom. The Labute approximate surface area is 193 Å². The number of pyridine rings is 1. The summed E-state index contributed by atoms with van der Waals surface area (Å²) >= 11 is 0. The molecule has 164 valence electrons. The number of rotatable bonds is 4. The Balaban J connectivity index is 1.61. The van der Waals surface area contributed by atoms with Crippen LogP contribution < -0.4 is 10.5 Å². The van der Waals surface area contributed by atoms with Gasteiger partial charge in [-0.15, -0.1) is 0 Å². The molecule has 4 aromatic rings. The lowest BCUT2D eigenvalue weighted by molar-refractivity contribution is 0.270. The molecule has 0 spiro atoms. The van der Waals surface area contributed by atoms with Crippen LogP contribution in [0.4, 0.5) is 5.69 Å². The molecule has 0 fully saturated rings. The number of hydrogen-bond donors (Lipinski definition) is 1. The molecule has 33 heavy (non-hydrogen) atoms. The Morgan fingerprint density at radius 1 is 0.970 bits per heavy atom. The van der Waals surface area contributed by atoms with Crippen LogP contribution in [0.25, 0.3) is 22.4 Å². The molecular formula is C27H25N5O. The Hall–Kier alpha value is -4.08. The van der Waals surface area contributed by atoms with E-state index in [9.17, 15) is 5.26 Å². The molecule has 1 aliphatic heterocycles. The zero-order chi connectivity index (χ0) is 22.9. The van der Waals surface area contributed by atoms with E-state index in [4.69, 9.17) is 10.5 Å². The van der Waals surface area contributed by atoms with Crippen LogP contribution in [0.15, 0.2) is 66.7 Å². The van der Waals surface area contributed by atoms with E-state index in [2.05, 4.69) is 27.6 Å². The van der Waals surface area contributed by atoms with Crippen molar-refractivity contribution in [2.24, 2.45) is 0 Å². The van der Waals surface area contributed by atoms with Crippen molar-refractivity contribution in [3.05, 3.63) is 83.7 Å². The second-order valence-electron chi connectivity index (χ2n) is 8.41. The second-order valence-corrected chi connectivity index (χ2v) is 8.41. The van der Waals surface area contributed by atoms with Gasteiger partial charge in [0, 0.05) is 42.6 Å².